The summed E-state index contributed by atoms with van der Waals surface area (Å²) in [6.45, 7) is 6.06. The minimum absolute atomic E-state index is 0.339. The van der Waals surface area contributed by atoms with Gasteiger partial charge in [-0.3, -0.25) is 4.79 Å². The fourth-order valence-corrected chi connectivity index (χ4v) is 1.51. The van der Waals surface area contributed by atoms with E-state index in [0.29, 0.717) is 5.91 Å². The Labute approximate surface area is 74.1 Å². The Kier molecular flexibility index (Phi) is 4.08. The highest BCUT2D eigenvalue weighted by Gasteiger charge is 2.18. The van der Waals surface area contributed by atoms with Crippen molar-refractivity contribution in [3.05, 3.63) is 0 Å². The summed E-state index contributed by atoms with van der Waals surface area (Å²) in [6.07, 6.45) is 2.90. The summed E-state index contributed by atoms with van der Waals surface area (Å²) in [4.78, 5) is 13.1. The van der Waals surface area contributed by atoms with Gasteiger partial charge in [0.1, 0.15) is 0 Å². The summed E-state index contributed by atoms with van der Waals surface area (Å²) < 4.78 is 0. The Hall–Kier alpha value is -0.570. The van der Waals surface area contributed by atoms with Crippen LogP contribution in [0.3, 0.4) is 0 Å². The Balaban J connectivity index is 2.02. The van der Waals surface area contributed by atoms with Crippen LogP contribution in [0, 0.1) is 0 Å². The standard InChI is InChI=1S/C9H18N2O/c1-2-10-6-4-8-11-7-3-5-9(11)12/h10H,2-8H2,1H3. The number of rotatable bonds is 5. The van der Waals surface area contributed by atoms with Crippen molar-refractivity contribution in [1.82, 2.24) is 10.2 Å². The zero-order chi connectivity index (χ0) is 8.81. The Bertz CT molecular complexity index is 147. The highest BCUT2D eigenvalue weighted by Crippen LogP contribution is 2.08. The average molecular weight is 170 g/mol. The first-order chi connectivity index (χ1) is 5.84. The SMILES string of the molecule is CCNCCCN1CCCC1=O. The predicted molar refractivity (Wildman–Crippen MR) is 49.0 cm³/mol. The maximum atomic E-state index is 11.1. The van der Waals surface area contributed by atoms with E-state index in [0.717, 1.165) is 45.4 Å². The van der Waals surface area contributed by atoms with Gasteiger partial charge in [0.15, 0.2) is 0 Å². The van der Waals surface area contributed by atoms with Crippen molar-refractivity contribution < 1.29 is 4.79 Å². The number of nitrogens with one attached hydrogen (secondary N) is 1. The zero-order valence-corrected chi connectivity index (χ0v) is 7.81. The highest BCUT2D eigenvalue weighted by atomic mass is 16.2. The van der Waals surface area contributed by atoms with Gasteiger partial charge in [0.25, 0.3) is 0 Å². The number of carbonyl (C=O) groups excluding carboxylic acids is 1. The molecule has 1 saturated heterocycles. The van der Waals surface area contributed by atoms with Gasteiger partial charge in [-0.15, -0.1) is 0 Å². The molecular formula is C9H18N2O. The summed E-state index contributed by atoms with van der Waals surface area (Å²) in [5, 5.41) is 3.25. The highest BCUT2D eigenvalue weighted by molar-refractivity contribution is 5.77. The van der Waals surface area contributed by atoms with Crippen LogP contribution in [0.5, 0.6) is 0 Å². The normalized spacial score (nSPS) is 17.4. The van der Waals surface area contributed by atoms with Gasteiger partial charge >= 0.3 is 0 Å². The van der Waals surface area contributed by atoms with Crippen molar-refractivity contribution >= 4 is 5.91 Å². The van der Waals surface area contributed by atoms with Crippen LogP contribution >= 0.6 is 0 Å². The topological polar surface area (TPSA) is 32.3 Å². The molecule has 1 aliphatic heterocycles. The molecule has 0 saturated carbocycles. The van der Waals surface area contributed by atoms with Crippen LogP contribution in [0.15, 0.2) is 0 Å². The molecule has 0 spiro atoms. The molecular weight excluding hydrogens is 152 g/mol. The van der Waals surface area contributed by atoms with Crippen LogP contribution in [-0.4, -0.2) is 37.0 Å². The van der Waals surface area contributed by atoms with Gasteiger partial charge in [0.2, 0.25) is 5.91 Å². The van der Waals surface area contributed by atoms with Crippen LogP contribution < -0.4 is 5.32 Å². The van der Waals surface area contributed by atoms with E-state index in [-0.39, 0.29) is 0 Å². The van der Waals surface area contributed by atoms with Crippen LogP contribution in [0.2, 0.25) is 0 Å². The van der Waals surface area contributed by atoms with Crippen molar-refractivity contribution in [2.75, 3.05) is 26.2 Å². The molecule has 1 N–H and O–H groups in total. The summed E-state index contributed by atoms with van der Waals surface area (Å²) in [5.41, 5.74) is 0. The van der Waals surface area contributed by atoms with Crippen molar-refractivity contribution in [3.8, 4) is 0 Å². The fraction of sp³-hybridized carbons (Fsp3) is 0.889. The number of hydrogen-bond donors (Lipinski definition) is 1. The number of nitrogens with zero attached hydrogens (tertiary/aromatic N) is 1. The largest absolute Gasteiger partial charge is 0.343 e. The molecule has 1 aliphatic rings. The molecule has 0 aromatic rings. The third kappa shape index (κ3) is 2.81. The first kappa shape index (κ1) is 9.52. The Morgan fingerprint density at radius 3 is 3.00 bits per heavy atom. The Morgan fingerprint density at radius 2 is 2.42 bits per heavy atom. The fourth-order valence-electron chi connectivity index (χ4n) is 1.51. The van der Waals surface area contributed by atoms with E-state index < -0.39 is 0 Å². The van der Waals surface area contributed by atoms with E-state index in [2.05, 4.69) is 12.2 Å². The van der Waals surface area contributed by atoms with Crippen LogP contribution in [0.25, 0.3) is 0 Å². The molecule has 3 heteroatoms. The lowest BCUT2D eigenvalue weighted by Crippen LogP contribution is -2.28. The van der Waals surface area contributed by atoms with E-state index in [1.807, 2.05) is 4.90 Å². The lowest BCUT2D eigenvalue weighted by atomic mass is 10.4. The summed E-state index contributed by atoms with van der Waals surface area (Å²) in [6, 6.07) is 0. The lowest BCUT2D eigenvalue weighted by molar-refractivity contribution is -0.127. The van der Waals surface area contributed by atoms with Gasteiger partial charge in [0.05, 0.1) is 0 Å². The van der Waals surface area contributed by atoms with E-state index in [9.17, 15) is 4.79 Å². The molecule has 1 rings (SSSR count). The maximum absolute atomic E-state index is 11.1. The maximum Gasteiger partial charge on any atom is 0.222 e. The van der Waals surface area contributed by atoms with Gasteiger partial charge in [-0.25, -0.2) is 0 Å². The number of hydrogen-bond acceptors (Lipinski definition) is 2. The van der Waals surface area contributed by atoms with Gasteiger partial charge < -0.3 is 10.2 Å². The number of carbonyl (C=O) groups is 1. The molecule has 0 aromatic heterocycles. The van der Waals surface area contributed by atoms with Crippen molar-refractivity contribution in [1.29, 1.82) is 0 Å². The minimum Gasteiger partial charge on any atom is -0.343 e. The molecule has 1 heterocycles. The number of amides is 1. The molecule has 1 amide bonds. The predicted octanol–water partition coefficient (Wildman–Crippen LogP) is 0.608. The molecule has 0 aliphatic carbocycles. The van der Waals surface area contributed by atoms with Gasteiger partial charge in [-0.1, -0.05) is 6.92 Å². The van der Waals surface area contributed by atoms with Crippen molar-refractivity contribution in [3.63, 3.8) is 0 Å². The van der Waals surface area contributed by atoms with E-state index in [1.165, 1.54) is 0 Å². The molecule has 1 fully saturated rings. The molecule has 0 bridgehead atoms. The third-order valence-electron chi connectivity index (χ3n) is 2.20. The zero-order valence-electron chi connectivity index (χ0n) is 7.81. The quantitative estimate of drug-likeness (QED) is 0.613. The molecule has 0 aromatic carbocycles. The van der Waals surface area contributed by atoms with Crippen molar-refractivity contribution in [2.45, 2.75) is 26.2 Å². The summed E-state index contributed by atoms with van der Waals surface area (Å²) in [7, 11) is 0. The second kappa shape index (κ2) is 5.14. The third-order valence-corrected chi connectivity index (χ3v) is 2.20. The minimum atomic E-state index is 0.339. The van der Waals surface area contributed by atoms with E-state index in [4.69, 9.17) is 0 Å². The van der Waals surface area contributed by atoms with E-state index >= 15 is 0 Å². The summed E-state index contributed by atoms with van der Waals surface area (Å²) in [5.74, 6) is 0.339. The Morgan fingerprint density at radius 1 is 1.58 bits per heavy atom. The van der Waals surface area contributed by atoms with Crippen LogP contribution in [-0.2, 0) is 4.79 Å². The van der Waals surface area contributed by atoms with Crippen LogP contribution in [0.4, 0.5) is 0 Å². The van der Waals surface area contributed by atoms with Gasteiger partial charge in [-0.05, 0) is 25.9 Å². The van der Waals surface area contributed by atoms with Crippen LogP contribution in [0.1, 0.15) is 26.2 Å². The average Bonchev–Trinajstić information content (AvgIpc) is 2.46. The second-order valence-electron chi connectivity index (χ2n) is 3.19. The first-order valence-corrected chi connectivity index (χ1v) is 4.83. The summed E-state index contributed by atoms with van der Waals surface area (Å²) >= 11 is 0. The smallest absolute Gasteiger partial charge is 0.222 e. The van der Waals surface area contributed by atoms with Gasteiger partial charge in [-0.2, -0.15) is 0 Å². The molecule has 0 atom stereocenters. The molecule has 0 radical (unpaired) electrons. The molecule has 12 heavy (non-hydrogen) atoms. The van der Waals surface area contributed by atoms with E-state index in [1.54, 1.807) is 0 Å². The van der Waals surface area contributed by atoms with Gasteiger partial charge in [0, 0.05) is 19.5 Å². The first-order valence-electron chi connectivity index (χ1n) is 4.83. The second-order valence-corrected chi connectivity index (χ2v) is 3.19. The molecule has 3 nitrogen and oxygen atoms in total. The molecule has 0 unspecified atom stereocenters. The number of likely N-dealkylation sites (tertiary alicyclic amines) is 1. The van der Waals surface area contributed by atoms with Crippen molar-refractivity contribution in [2.24, 2.45) is 0 Å². The molecule has 70 valence electrons. The lowest BCUT2D eigenvalue weighted by Gasteiger charge is -2.14. The monoisotopic (exact) mass is 170 g/mol.